The number of aryl methyl sites for hydroxylation is 2. The number of nitrogens with one attached hydrogen (secondary N) is 3. The quantitative estimate of drug-likeness (QED) is 0.632. The Morgan fingerprint density at radius 3 is 2.39 bits per heavy atom. The molecule has 3 N–H and O–H groups in total. The molecule has 0 saturated heterocycles. The Labute approximate surface area is 164 Å². The van der Waals surface area contributed by atoms with E-state index in [4.69, 9.17) is 0 Å². The van der Waals surface area contributed by atoms with Crippen molar-refractivity contribution in [1.29, 1.82) is 0 Å². The first-order valence-corrected chi connectivity index (χ1v) is 9.61. The van der Waals surface area contributed by atoms with Gasteiger partial charge in [-0.25, -0.2) is 4.79 Å². The number of urea groups is 1. The minimum atomic E-state index is -0.244. The summed E-state index contributed by atoms with van der Waals surface area (Å²) in [7, 11) is 0. The summed E-state index contributed by atoms with van der Waals surface area (Å²) < 4.78 is 0. The predicted octanol–water partition coefficient (Wildman–Crippen LogP) is 4.01. The third kappa shape index (κ3) is 3.56. The maximum atomic E-state index is 12.4. The number of hydrogen-bond acceptors (Lipinski definition) is 2. The van der Waals surface area contributed by atoms with Crippen molar-refractivity contribution in [2.75, 3.05) is 11.9 Å². The normalized spacial score (nSPS) is 12.0. The Kier molecular flexibility index (Phi) is 4.98. The SMILES string of the molecule is CCNC(=O)c1ccc(CNC(=O)Nc2ccc3c4c(cccc24)CC3)cc1. The van der Waals surface area contributed by atoms with Crippen molar-refractivity contribution in [3.8, 4) is 0 Å². The van der Waals surface area contributed by atoms with E-state index in [9.17, 15) is 9.59 Å². The van der Waals surface area contributed by atoms with Crippen LogP contribution >= 0.6 is 0 Å². The average Bonchev–Trinajstić information content (AvgIpc) is 3.14. The first kappa shape index (κ1) is 18.0. The standard InChI is InChI=1S/C23H23N3O2/c1-2-24-22(27)18-8-6-15(7-9-18)14-25-23(28)26-20-13-12-17-11-10-16-4-3-5-19(20)21(16)17/h3-9,12-13H,2,10-11,14H2,1H3,(H,24,27)(H2,25,26,28). The smallest absolute Gasteiger partial charge is 0.319 e. The van der Waals surface area contributed by atoms with E-state index in [0.29, 0.717) is 18.7 Å². The molecular weight excluding hydrogens is 350 g/mol. The minimum Gasteiger partial charge on any atom is -0.352 e. The largest absolute Gasteiger partial charge is 0.352 e. The molecule has 0 radical (unpaired) electrons. The molecule has 3 amide bonds. The van der Waals surface area contributed by atoms with Gasteiger partial charge in [0.05, 0.1) is 5.69 Å². The molecule has 1 aliphatic carbocycles. The van der Waals surface area contributed by atoms with Gasteiger partial charge in [0.2, 0.25) is 0 Å². The van der Waals surface area contributed by atoms with Crippen LogP contribution < -0.4 is 16.0 Å². The van der Waals surface area contributed by atoms with Gasteiger partial charge in [0.1, 0.15) is 0 Å². The molecule has 3 aromatic carbocycles. The van der Waals surface area contributed by atoms with Gasteiger partial charge in [0, 0.05) is 24.0 Å². The van der Waals surface area contributed by atoms with Gasteiger partial charge >= 0.3 is 6.03 Å². The zero-order valence-corrected chi connectivity index (χ0v) is 15.8. The fourth-order valence-corrected chi connectivity index (χ4v) is 3.74. The highest BCUT2D eigenvalue weighted by Crippen LogP contribution is 2.34. The molecule has 0 atom stereocenters. The van der Waals surface area contributed by atoms with Crippen LogP contribution in [0.25, 0.3) is 10.8 Å². The van der Waals surface area contributed by atoms with Gasteiger partial charge in [0.25, 0.3) is 5.91 Å². The summed E-state index contributed by atoms with van der Waals surface area (Å²) in [6.45, 7) is 2.87. The van der Waals surface area contributed by atoms with Crippen molar-refractivity contribution in [1.82, 2.24) is 10.6 Å². The van der Waals surface area contributed by atoms with E-state index in [2.05, 4.69) is 34.1 Å². The minimum absolute atomic E-state index is 0.0909. The van der Waals surface area contributed by atoms with Crippen LogP contribution in [-0.2, 0) is 19.4 Å². The number of benzene rings is 3. The highest BCUT2D eigenvalue weighted by Gasteiger charge is 2.16. The third-order valence-corrected chi connectivity index (χ3v) is 5.13. The van der Waals surface area contributed by atoms with Gasteiger partial charge in [-0.1, -0.05) is 36.4 Å². The molecule has 3 aromatic rings. The van der Waals surface area contributed by atoms with Gasteiger partial charge < -0.3 is 16.0 Å². The van der Waals surface area contributed by atoms with E-state index >= 15 is 0 Å². The summed E-state index contributed by atoms with van der Waals surface area (Å²) in [6, 6.07) is 17.3. The topological polar surface area (TPSA) is 70.2 Å². The first-order chi connectivity index (χ1) is 13.7. The van der Waals surface area contributed by atoms with Crippen molar-refractivity contribution in [2.45, 2.75) is 26.3 Å². The predicted molar refractivity (Wildman–Crippen MR) is 112 cm³/mol. The second-order valence-corrected chi connectivity index (χ2v) is 6.98. The van der Waals surface area contributed by atoms with E-state index in [0.717, 1.165) is 29.5 Å². The third-order valence-electron chi connectivity index (χ3n) is 5.13. The van der Waals surface area contributed by atoms with Crippen LogP contribution in [0.3, 0.4) is 0 Å². The van der Waals surface area contributed by atoms with Crippen LogP contribution in [0.1, 0.15) is 34.0 Å². The van der Waals surface area contributed by atoms with E-state index in [1.54, 1.807) is 12.1 Å². The molecule has 0 bridgehead atoms. The lowest BCUT2D eigenvalue weighted by Gasteiger charge is -2.12. The zero-order chi connectivity index (χ0) is 19.5. The zero-order valence-electron chi connectivity index (χ0n) is 15.8. The van der Waals surface area contributed by atoms with E-state index in [1.165, 1.54) is 16.5 Å². The van der Waals surface area contributed by atoms with Crippen molar-refractivity contribution >= 4 is 28.4 Å². The van der Waals surface area contributed by atoms with E-state index < -0.39 is 0 Å². The molecule has 0 fully saturated rings. The van der Waals surface area contributed by atoms with Crippen molar-refractivity contribution < 1.29 is 9.59 Å². The Morgan fingerprint density at radius 2 is 1.64 bits per heavy atom. The monoisotopic (exact) mass is 373 g/mol. The van der Waals surface area contributed by atoms with E-state index in [1.807, 2.05) is 31.2 Å². The summed E-state index contributed by atoms with van der Waals surface area (Å²) >= 11 is 0. The molecular formula is C23H23N3O2. The Bertz CT molecular complexity index is 1030. The molecule has 0 heterocycles. The summed E-state index contributed by atoms with van der Waals surface area (Å²) in [5, 5.41) is 11.0. The number of carbonyl (C=O) groups is 2. The van der Waals surface area contributed by atoms with E-state index in [-0.39, 0.29) is 11.9 Å². The summed E-state index contributed by atoms with van der Waals surface area (Å²) in [5.74, 6) is -0.0909. The maximum absolute atomic E-state index is 12.4. The molecule has 0 saturated carbocycles. The molecule has 0 spiro atoms. The van der Waals surface area contributed by atoms with Crippen LogP contribution in [0.2, 0.25) is 0 Å². The van der Waals surface area contributed by atoms with Gasteiger partial charge in [-0.05, 0) is 60.0 Å². The second-order valence-electron chi connectivity index (χ2n) is 6.98. The molecule has 0 unspecified atom stereocenters. The average molecular weight is 373 g/mol. The fourth-order valence-electron chi connectivity index (χ4n) is 3.74. The second kappa shape index (κ2) is 7.72. The first-order valence-electron chi connectivity index (χ1n) is 9.61. The van der Waals surface area contributed by atoms with Crippen LogP contribution in [0.15, 0.2) is 54.6 Å². The summed E-state index contributed by atoms with van der Waals surface area (Å²) in [6.07, 6.45) is 2.13. The number of rotatable bonds is 5. The number of amides is 3. The molecule has 1 aliphatic rings. The number of hydrogen-bond donors (Lipinski definition) is 3. The van der Waals surface area contributed by atoms with Gasteiger partial charge in [-0.15, -0.1) is 0 Å². The van der Waals surface area contributed by atoms with Gasteiger partial charge in [-0.3, -0.25) is 4.79 Å². The van der Waals surface area contributed by atoms with Crippen LogP contribution in [0.4, 0.5) is 10.5 Å². The Balaban J connectivity index is 1.41. The van der Waals surface area contributed by atoms with Crippen molar-refractivity contribution in [3.05, 3.63) is 76.9 Å². The fraction of sp³-hybridized carbons (Fsp3) is 0.217. The maximum Gasteiger partial charge on any atom is 0.319 e. The van der Waals surface area contributed by atoms with Gasteiger partial charge in [0.15, 0.2) is 0 Å². The molecule has 5 heteroatoms. The molecule has 28 heavy (non-hydrogen) atoms. The molecule has 142 valence electrons. The van der Waals surface area contributed by atoms with Crippen molar-refractivity contribution in [3.63, 3.8) is 0 Å². The molecule has 0 aliphatic heterocycles. The highest BCUT2D eigenvalue weighted by atomic mass is 16.2. The lowest BCUT2D eigenvalue weighted by molar-refractivity contribution is 0.0956. The number of carbonyl (C=O) groups excluding carboxylic acids is 2. The Morgan fingerprint density at radius 1 is 0.893 bits per heavy atom. The molecule has 5 nitrogen and oxygen atoms in total. The highest BCUT2D eigenvalue weighted by molar-refractivity contribution is 6.04. The lowest BCUT2D eigenvalue weighted by atomic mass is 10.0. The molecule has 0 aromatic heterocycles. The summed E-state index contributed by atoms with van der Waals surface area (Å²) in [5.41, 5.74) is 5.07. The van der Waals surface area contributed by atoms with Crippen LogP contribution in [0, 0.1) is 0 Å². The van der Waals surface area contributed by atoms with Crippen LogP contribution in [-0.4, -0.2) is 18.5 Å². The number of anilines is 1. The van der Waals surface area contributed by atoms with Gasteiger partial charge in [-0.2, -0.15) is 0 Å². The Hall–Kier alpha value is -3.34. The summed E-state index contributed by atoms with van der Waals surface area (Å²) in [4.78, 5) is 24.2. The van der Waals surface area contributed by atoms with Crippen molar-refractivity contribution in [2.24, 2.45) is 0 Å². The van der Waals surface area contributed by atoms with Crippen LogP contribution in [0.5, 0.6) is 0 Å². The molecule has 4 rings (SSSR count). The lowest BCUT2D eigenvalue weighted by Crippen LogP contribution is -2.28.